The molecular weight excluding hydrogens is 318 g/mol. The number of rotatable bonds is 5. The number of nitrogens with zero attached hydrogens (tertiary/aromatic N) is 1. The molecule has 3 nitrogen and oxygen atoms in total. The molecule has 1 aliphatic heterocycles. The minimum Gasteiger partial charge on any atom is -0.292 e. The number of benzene rings is 2. The predicted octanol–water partition coefficient (Wildman–Crippen LogP) is 3.91. The summed E-state index contributed by atoms with van der Waals surface area (Å²) < 4.78 is 0. The van der Waals surface area contributed by atoms with Crippen LogP contribution in [-0.2, 0) is 0 Å². The lowest BCUT2D eigenvalue weighted by atomic mass is 10.0. The lowest BCUT2D eigenvalue weighted by Crippen LogP contribution is -2.37. The second kappa shape index (κ2) is 7.77. The van der Waals surface area contributed by atoms with E-state index in [-0.39, 0.29) is 22.2 Å². The average Bonchev–Trinajstić information content (AvgIpc) is 3.10. The van der Waals surface area contributed by atoms with Crippen LogP contribution < -0.4 is 0 Å². The normalized spacial score (nSPS) is 19.1. The van der Waals surface area contributed by atoms with Crippen molar-refractivity contribution >= 4 is 22.7 Å². The summed E-state index contributed by atoms with van der Waals surface area (Å²) in [5.74, 6) is 0.149. The monoisotopic (exact) mass is 339 g/mol. The molecule has 0 bridgehead atoms. The summed E-state index contributed by atoms with van der Waals surface area (Å²) in [6, 6.07) is 18.7. The van der Waals surface area contributed by atoms with Crippen LogP contribution in [0.2, 0.25) is 0 Å². The molecule has 24 heavy (non-hydrogen) atoms. The van der Waals surface area contributed by atoms with Gasteiger partial charge in [-0.1, -0.05) is 72.4 Å². The van der Waals surface area contributed by atoms with Crippen molar-refractivity contribution < 1.29 is 9.59 Å². The van der Waals surface area contributed by atoms with Gasteiger partial charge in [-0.25, -0.2) is 0 Å². The number of ketones is 1. The highest BCUT2D eigenvalue weighted by Crippen LogP contribution is 2.27. The molecule has 2 atom stereocenters. The molecule has 0 aromatic heterocycles. The van der Waals surface area contributed by atoms with Gasteiger partial charge < -0.3 is 0 Å². The van der Waals surface area contributed by atoms with Crippen LogP contribution in [0.1, 0.15) is 34.1 Å². The first-order chi connectivity index (χ1) is 11.6. The molecule has 0 spiro atoms. The van der Waals surface area contributed by atoms with E-state index in [2.05, 4.69) is 4.90 Å². The molecule has 1 aliphatic rings. The lowest BCUT2D eigenvalue weighted by Gasteiger charge is -2.23. The first-order valence-electron chi connectivity index (χ1n) is 8.24. The second-order valence-corrected chi connectivity index (χ2v) is 7.36. The van der Waals surface area contributed by atoms with Crippen LogP contribution in [0.5, 0.6) is 0 Å². The predicted molar refractivity (Wildman–Crippen MR) is 98.6 cm³/mol. The SMILES string of the molecule is CC(C(=O)c1ccccc1)N1CC[C@H](SC(=O)c2ccccc2)C1. The van der Waals surface area contributed by atoms with Crippen molar-refractivity contribution in [2.45, 2.75) is 24.6 Å². The first kappa shape index (κ1) is 16.9. The summed E-state index contributed by atoms with van der Waals surface area (Å²) in [5, 5.41) is 0.369. The van der Waals surface area contributed by atoms with Crippen molar-refractivity contribution in [1.29, 1.82) is 0 Å². The molecule has 124 valence electrons. The van der Waals surface area contributed by atoms with Gasteiger partial charge in [-0.2, -0.15) is 0 Å². The highest BCUT2D eigenvalue weighted by atomic mass is 32.2. The Morgan fingerprint density at radius 1 is 1.00 bits per heavy atom. The third-order valence-electron chi connectivity index (χ3n) is 4.45. The van der Waals surface area contributed by atoms with E-state index in [4.69, 9.17) is 0 Å². The van der Waals surface area contributed by atoms with Crippen LogP contribution >= 0.6 is 11.8 Å². The molecule has 0 N–H and O–H groups in total. The zero-order valence-corrected chi connectivity index (χ0v) is 14.5. The molecule has 1 unspecified atom stereocenters. The summed E-state index contributed by atoms with van der Waals surface area (Å²) in [6.45, 7) is 3.60. The van der Waals surface area contributed by atoms with E-state index in [0.29, 0.717) is 0 Å². The fraction of sp³-hybridized carbons (Fsp3) is 0.300. The van der Waals surface area contributed by atoms with Crippen LogP contribution in [0.25, 0.3) is 0 Å². The second-order valence-electron chi connectivity index (χ2n) is 6.08. The molecule has 0 radical (unpaired) electrons. The maximum atomic E-state index is 12.6. The summed E-state index contributed by atoms with van der Waals surface area (Å²) in [7, 11) is 0. The van der Waals surface area contributed by atoms with Crippen molar-refractivity contribution in [2.75, 3.05) is 13.1 Å². The van der Waals surface area contributed by atoms with Gasteiger partial charge in [0.15, 0.2) is 5.78 Å². The standard InChI is InChI=1S/C20H21NO2S/c1-15(19(22)16-8-4-2-5-9-16)21-13-12-18(14-21)24-20(23)17-10-6-3-7-11-17/h2-11,15,18H,12-14H2,1H3/t15?,18-/m0/s1. The molecule has 3 rings (SSSR count). The van der Waals surface area contributed by atoms with Crippen LogP contribution in [0, 0.1) is 0 Å². The molecule has 1 fully saturated rings. The number of carbonyl (C=O) groups excluding carboxylic acids is 2. The third kappa shape index (κ3) is 3.94. The number of Topliss-reactive ketones (excluding diaryl/α,β-unsaturated/α-hetero) is 1. The number of likely N-dealkylation sites (tertiary alicyclic amines) is 1. The maximum Gasteiger partial charge on any atom is 0.219 e. The zero-order valence-electron chi connectivity index (χ0n) is 13.7. The smallest absolute Gasteiger partial charge is 0.219 e. The van der Waals surface area contributed by atoms with Gasteiger partial charge in [-0.05, 0) is 13.3 Å². The lowest BCUT2D eigenvalue weighted by molar-refractivity contribution is 0.0867. The quantitative estimate of drug-likeness (QED) is 0.774. The minimum atomic E-state index is -0.148. The van der Waals surface area contributed by atoms with Crippen molar-refractivity contribution in [3.8, 4) is 0 Å². The van der Waals surface area contributed by atoms with Crippen molar-refractivity contribution in [1.82, 2.24) is 4.90 Å². The van der Waals surface area contributed by atoms with E-state index in [0.717, 1.165) is 30.6 Å². The summed E-state index contributed by atoms with van der Waals surface area (Å²) in [6.07, 6.45) is 0.940. The van der Waals surface area contributed by atoms with E-state index < -0.39 is 0 Å². The Labute approximate surface area is 147 Å². The van der Waals surface area contributed by atoms with Crippen molar-refractivity contribution in [3.05, 3.63) is 71.8 Å². The van der Waals surface area contributed by atoms with Gasteiger partial charge in [0.05, 0.1) is 6.04 Å². The van der Waals surface area contributed by atoms with Gasteiger partial charge in [0.1, 0.15) is 0 Å². The Morgan fingerprint density at radius 2 is 1.58 bits per heavy atom. The minimum absolute atomic E-state index is 0.115. The number of carbonyl (C=O) groups is 2. The molecule has 2 aromatic rings. The fourth-order valence-electron chi connectivity index (χ4n) is 3.01. The molecule has 2 aromatic carbocycles. The molecule has 1 saturated heterocycles. The van der Waals surface area contributed by atoms with Crippen LogP contribution in [0.15, 0.2) is 60.7 Å². The molecule has 4 heteroatoms. The van der Waals surface area contributed by atoms with E-state index in [9.17, 15) is 9.59 Å². The molecular formula is C20H21NO2S. The van der Waals surface area contributed by atoms with Crippen molar-refractivity contribution in [2.24, 2.45) is 0 Å². The van der Waals surface area contributed by atoms with E-state index >= 15 is 0 Å². The van der Waals surface area contributed by atoms with Gasteiger partial charge in [0.2, 0.25) is 5.12 Å². The Kier molecular flexibility index (Phi) is 5.48. The van der Waals surface area contributed by atoms with Gasteiger partial charge in [0.25, 0.3) is 0 Å². The van der Waals surface area contributed by atoms with Crippen LogP contribution in [-0.4, -0.2) is 40.2 Å². The van der Waals surface area contributed by atoms with Gasteiger partial charge in [0, 0.05) is 29.5 Å². The first-order valence-corrected chi connectivity index (χ1v) is 9.12. The topological polar surface area (TPSA) is 37.4 Å². The third-order valence-corrected chi connectivity index (χ3v) is 5.61. The highest BCUT2D eigenvalue weighted by Gasteiger charge is 2.31. The van der Waals surface area contributed by atoms with Crippen molar-refractivity contribution in [3.63, 3.8) is 0 Å². The molecule has 1 heterocycles. The molecule has 0 amide bonds. The largest absolute Gasteiger partial charge is 0.292 e. The number of thioether (sulfide) groups is 1. The zero-order chi connectivity index (χ0) is 16.9. The number of hydrogen-bond donors (Lipinski definition) is 0. The van der Waals surface area contributed by atoms with Crippen LogP contribution in [0.4, 0.5) is 0 Å². The van der Waals surface area contributed by atoms with Gasteiger partial charge >= 0.3 is 0 Å². The summed E-state index contributed by atoms with van der Waals surface area (Å²) in [4.78, 5) is 27.1. The molecule has 0 aliphatic carbocycles. The van der Waals surface area contributed by atoms with E-state index in [1.54, 1.807) is 0 Å². The van der Waals surface area contributed by atoms with Gasteiger partial charge in [-0.15, -0.1) is 0 Å². The molecule has 0 saturated carbocycles. The fourth-order valence-corrected chi connectivity index (χ4v) is 4.07. The van der Waals surface area contributed by atoms with E-state index in [1.807, 2.05) is 67.6 Å². The Morgan fingerprint density at radius 3 is 2.21 bits per heavy atom. The number of hydrogen-bond acceptors (Lipinski definition) is 4. The Balaban J connectivity index is 1.57. The average molecular weight is 339 g/mol. The Bertz CT molecular complexity index is 702. The van der Waals surface area contributed by atoms with Crippen LogP contribution in [0.3, 0.4) is 0 Å². The maximum absolute atomic E-state index is 12.6. The van der Waals surface area contributed by atoms with Gasteiger partial charge in [-0.3, -0.25) is 14.5 Å². The summed E-state index contributed by atoms with van der Waals surface area (Å²) in [5.41, 5.74) is 1.50. The Hall–Kier alpha value is -1.91. The van der Waals surface area contributed by atoms with E-state index in [1.165, 1.54) is 11.8 Å². The summed E-state index contributed by atoms with van der Waals surface area (Å²) >= 11 is 1.40. The highest BCUT2D eigenvalue weighted by molar-refractivity contribution is 8.14.